The minimum atomic E-state index is -0.515. The van der Waals surface area contributed by atoms with Crippen LogP contribution < -0.4 is 5.73 Å². The maximum absolute atomic E-state index is 10.7. The monoisotopic (exact) mass is 151 g/mol. The van der Waals surface area contributed by atoms with Crippen molar-refractivity contribution in [2.75, 3.05) is 0 Å². The van der Waals surface area contributed by atoms with Crippen molar-refractivity contribution in [2.24, 2.45) is 5.73 Å². The summed E-state index contributed by atoms with van der Waals surface area (Å²) in [6.07, 6.45) is 0. The summed E-state index contributed by atoms with van der Waals surface area (Å²) < 4.78 is 0. The van der Waals surface area contributed by atoms with Gasteiger partial charge in [-0.1, -0.05) is 6.07 Å². The lowest BCUT2D eigenvalue weighted by atomic mass is 10.1. The molecule has 0 aliphatic rings. The summed E-state index contributed by atoms with van der Waals surface area (Å²) in [5.41, 5.74) is 6.17. The van der Waals surface area contributed by atoms with Gasteiger partial charge in [0.05, 0.1) is 0 Å². The molecule has 3 N–H and O–H groups in total. The summed E-state index contributed by atoms with van der Waals surface area (Å²) in [5.74, 6) is -0.456. The SMILES string of the molecule is Cc1ccc(O)cc1C(N)=O. The van der Waals surface area contributed by atoms with Gasteiger partial charge >= 0.3 is 0 Å². The van der Waals surface area contributed by atoms with Gasteiger partial charge in [-0.2, -0.15) is 0 Å². The quantitative estimate of drug-likeness (QED) is 0.623. The van der Waals surface area contributed by atoms with Crippen LogP contribution in [-0.2, 0) is 0 Å². The highest BCUT2D eigenvalue weighted by molar-refractivity contribution is 5.94. The Hall–Kier alpha value is -1.51. The molecule has 0 aliphatic carbocycles. The van der Waals surface area contributed by atoms with E-state index < -0.39 is 5.91 Å². The maximum atomic E-state index is 10.7. The van der Waals surface area contributed by atoms with Crippen molar-refractivity contribution in [3.05, 3.63) is 29.3 Å². The molecule has 58 valence electrons. The standard InChI is InChI=1S/C8H9NO2/c1-5-2-3-6(10)4-7(5)8(9)11/h2-4,10H,1H3,(H2,9,11). The first-order valence-electron chi connectivity index (χ1n) is 3.20. The summed E-state index contributed by atoms with van der Waals surface area (Å²) in [5, 5.41) is 8.98. The molecule has 0 saturated carbocycles. The zero-order chi connectivity index (χ0) is 8.43. The van der Waals surface area contributed by atoms with Crippen LogP contribution >= 0.6 is 0 Å². The highest BCUT2D eigenvalue weighted by Gasteiger charge is 2.04. The zero-order valence-electron chi connectivity index (χ0n) is 6.16. The number of carbonyl (C=O) groups excluding carboxylic acids is 1. The smallest absolute Gasteiger partial charge is 0.249 e. The van der Waals surface area contributed by atoms with Gasteiger partial charge in [0.2, 0.25) is 5.91 Å². The van der Waals surface area contributed by atoms with Gasteiger partial charge in [-0.05, 0) is 24.6 Å². The van der Waals surface area contributed by atoms with Crippen LogP contribution in [0, 0.1) is 6.92 Å². The van der Waals surface area contributed by atoms with E-state index >= 15 is 0 Å². The van der Waals surface area contributed by atoms with Crippen molar-refractivity contribution < 1.29 is 9.90 Å². The molecule has 0 aliphatic heterocycles. The Morgan fingerprint density at radius 2 is 2.18 bits per heavy atom. The minimum Gasteiger partial charge on any atom is -0.508 e. The number of aromatic hydroxyl groups is 1. The lowest BCUT2D eigenvalue weighted by Crippen LogP contribution is -2.12. The lowest BCUT2D eigenvalue weighted by Gasteiger charge is -2.00. The Morgan fingerprint density at radius 3 is 2.64 bits per heavy atom. The minimum absolute atomic E-state index is 0.0596. The molecule has 1 aromatic carbocycles. The molecule has 0 saturated heterocycles. The van der Waals surface area contributed by atoms with Crippen LogP contribution in [0.3, 0.4) is 0 Å². The van der Waals surface area contributed by atoms with E-state index in [0.29, 0.717) is 5.56 Å². The van der Waals surface area contributed by atoms with Gasteiger partial charge in [0.25, 0.3) is 0 Å². The number of aryl methyl sites for hydroxylation is 1. The average molecular weight is 151 g/mol. The third-order valence-corrected chi connectivity index (χ3v) is 1.49. The molecule has 0 spiro atoms. The Bertz CT molecular complexity index is 294. The number of primary amides is 1. The fraction of sp³-hybridized carbons (Fsp3) is 0.125. The second kappa shape index (κ2) is 2.62. The first kappa shape index (κ1) is 7.60. The van der Waals surface area contributed by atoms with Crippen LogP contribution in [0.2, 0.25) is 0 Å². The number of phenols is 1. The van der Waals surface area contributed by atoms with Crippen LogP contribution in [0.1, 0.15) is 15.9 Å². The number of phenolic OH excluding ortho intramolecular Hbond substituents is 1. The van der Waals surface area contributed by atoms with Crippen LogP contribution in [-0.4, -0.2) is 11.0 Å². The molecule has 0 fully saturated rings. The van der Waals surface area contributed by atoms with Crippen molar-refractivity contribution in [3.63, 3.8) is 0 Å². The molecule has 3 nitrogen and oxygen atoms in total. The van der Waals surface area contributed by atoms with E-state index in [1.165, 1.54) is 12.1 Å². The Balaban J connectivity index is 3.23. The molecule has 0 bridgehead atoms. The summed E-state index contributed by atoms with van der Waals surface area (Å²) in [6.45, 7) is 1.76. The lowest BCUT2D eigenvalue weighted by molar-refractivity contribution is 0.0999. The Morgan fingerprint density at radius 1 is 1.55 bits per heavy atom. The summed E-state index contributed by atoms with van der Waals surface area (Å²) in [6, 6.07) is 4.52. The fourth-order valence-corrected chi connectivity index (χ4v) is 0.875. The second-order valence-corrected chi connectivity index (χ2v) is 2.36. The number of hydrogen-bond acceptors (Lipinski definition) is 2. The third-order valence-electron chi connectivity index (χ3n) is 1.49. The van der Waals surface area contributed by atoms with Crippen LogP contribution in [0.25, 0.3) is 0 Å². The number of rotatable bonds is 1. The van der Waals surface area contributed by atoms with E-state index in [9.17, 15) is 4.79 Å². The predicted octanol–water partition coefficient (Wildman–Crippen LogP) is 0.800. The predicted molar refractivity (Wildman–Crippen MR) is 41.4 cm³/mol. The van der Waals surface area contributed by atoms with Gasteiger partial charge in [-0.25, -0.2) is 0 Å². The highest BCUT2D eigenvalue weighted by Crippen LogP contribution is 2.14. The zero-order valence-corrected chi connectivity index (χ0v) is 6.16. The topological polar surface area (TPSA) is 63.3 Å². The molecule has 0 heterocycles. The van der Waals surface area contributed by atoms with Crippen molar-refractivity contribution in [1.82, 2.24) is 0 Å². The van der Waals surface area contributed by atoms with Crippen LogP contribution in [0.4, 0.5) is 0 Å². The average Bonchev–Trinajstić information content (AvgIpc) is 1.94. The van der Waals surface area contributed by atoms with Gasteiger partial charge < -0.3 is 10.8 Å². The second-order valence-electron chi connectivity index (χ2n) is 2.36. The van der Waals surface area contributed by atoms with E-state index in [-0.39, 0.29) is 5.75 Å². The summed E-state index contributed by atoms with van der Waals surface area (Å²) in [4.78, 5) is 10.7. The number of benzene rings is 1. The van der Waals surface area contributed by atoms with E-state index in [0.717, 1.165) is 5.56 Å². The van der Waals surface area contributed by atoms with Gasteiger partial charge in [0.1, 0.15) is 5.75 Å². The molecule has 1 aromatic rings. The van der Waals surface area contributed by atoms with Gasteiger partial charge in [0.15, 0.2) is 0 Å². The molecular formula is C8H9NO2. The number of amides is 1. The highest BCUT2D eigenvalue weighted by atomic mass is 16.3. The molecule has 1 rings (SSSR count). The first-order valence-corrected chi connectivity index (χ1v) is 3.20. The molecule has 0 atom stereocenters. The molecule has 1 amide bonds. The molecular weight excluding hydrogens is 142 g/mol. The van der Waals surface area contributed by atoms with Crippen molar-refractivity contribution >= 4 is 5.91 Å². The van der Waals surface area contributed by atoms with Gasteiger partial charge in [0, 0.05) is 5.56 Å². The molecule has 0 radical (unpaired) electrons. The number of carbonyl (C=O) groups is 1. The van der Waals surface area contributed by atoms with Crippen molar-refractivity contribution in [2.45, 2.75) is 6.92 Å². The van der Waals surface area contributed by atoms with E-state index in [2.05, 4.69) is 0 Å². The number of hydrogen-bond donors (Lipinski definition) is 2. The first-order chi connectivity index (χ1) is 5.11. The summed E-state index contributed by atoms with van der Waals surface area (Å²) >= 11 is 0. The normalized spacial score (nSPS) is 9.55. The Kier molecular flexibility index (Phi) is 1.81. The van der Waals surface area contributed by atoms with Crippen LogP contribution in [0.15, 0.2) is 18.2 Å². The van der Waals surface area contributed by atoms with E-state index in [4.69, 9.17) is 10.8 Å². The molecule has 3 heteroatoms. The number of nitrogens with two attached hydrogens (primary N) is 1. The van der Waals surface area contributed by atoms with E-state index in [1.807, 2.05) is 0 Å². The third kappa shape index (κ3) is 1.49. The molecule has 11 heavy (non-hydrogen) atoms. The van der Waals surface area contributed by atoms with Gasteiger partial charge in [-0.15, -0.1) is 0 Å². The summed E-state index contributed by atoms with van der Waals surface area (Å²) in [7, 11) is 0. The van der Waals surface area contributed by atoms with Crippen molar-refractivity contribution in [1.29, 1.82) is 0 Å². The molecule has 0 unspecified atom stereocenters. The van der Waals surface area contributed by atoms with Crippen LogP contribution in [0.5, 0.6) is 5.75 Å². The Labute approximate surface area is 64.5 Å². The van der Waals surface area contributed by atoms with Crippen molar-refractivity contribution in [3.8, 4) is 5.75 Å². The maximum Gasteiger partial charge on any atom is 0.249 e. The molecule has 0 aromatic heterocycles. The largest absolute Gasteiger partial charge is 0.508 e. The van der Waals surface area contributed by atoms with E-state index in [1.54, 1.807) is 13.0 Å². The van der Waals surface area contributed by atoms with Gasteiger partial charge in [-0.3, -0.25) is 4.79 Å². The fourth-order valence-electron chi connectivity index (χ4n) is 0.875.